The van der Waals surface area contributed by atoms with Crippen molar-refractivity contribution in [1.29, 1.82) is 0 Å². The fourth-order valence-electron chi connectivity index (χ4n) is 1.24. The molecule has 0 radical (unpaired) electrons. The van der Waals surface area contributed by atoms with Crippen LogP contribution >= 0.6 is 0 Å². The van der Waals surface area contributed by atoms with Crippen molar-refractivity contribution in [3.8, 4) is 0 Å². The van der Waals surface area contributed by atoms with Gasteiger partial charge in [-0.15, -0.1) is 0 Å². The van der Waals surface area contributed by atoms with Crippen molar-refractivity contribution in [3.63, 3.8) is 0 Å². The van der Waals surface area contributed by atoms with E-state index >= 15 is 0 Å². The smallest absolute Gasteiger partial charge is 0.0528 e. The number of rotatable bonds is 2. The Bertz CT molecular complexity index is 398. The first kappa shape index (κ1) is 13.3. The number of aromatic nitrogens is 3. The molecule has 0 aliphatic carbocycles. The van der Waals surface area contributed by atoms with Crippen LogP contribution in [0.2, 0.25) is 0 Å². The summed E-state index contributed by atoms with van der Waals surface area (Å²) in [5.41, 5.74) is 2.54. The molecule has 3 nitrogen and oxygen atoms in total. The first-order valence-electron chi connectivity index (χ1n) is 5.89. The van der Waals surface area contributed by atoms with E-state index in [0.29, 0.717) is 5.92 Å². The standard InChI is InChI=1S/C8H11N.C6H8N2/c1-7(2)8-4-3-5-9-6-8;1-2-6-3-4-7-8-5-6/h3-7H,1-2H3;3-5H,2H2,1H3. The fourth-order valence-corrected chi connectivity index (χ4v) is 1.24. The van der Waals surface area contributed by atoms with Crippen LogP contribution in [0.25, 0.3) is 0 Å². The van der Waals surface area contributed by atoms with Gasteiger partial charge in [-0.05, 0) is 35.6 Å². The number of hydrogen-bond acceptors (Lipinski definition) is 3. The zero-order valence-electron chi connectivity index (χ0n) is 10.7. The molecule has 0 unspecified atom stereocenters. The molecule has 0 atom stereocenters. The molecule has 3 heteroatoms. The lowest BCUT2D eigenvalue weighted by Crippen LogP contribution is -1.85. The largest absolute Gasteiger partial charge is 0.264 e. The summed E-state index contributed by atoms with van der Waals surface area (Å²) in [6.45, 7) is 6.42. The highest BCUT2D eigenvalue weighted by Crippen LogP contribution is 2.10. The molecule has 17 heavy (non-hydrogen) atoms. The number of hydrogen-bond donors (Lipinski definition) is 0. The van der Waals surface area contributed by atoms with E-state index in [0.717, 1.165) is 6.42 Å². The number of pyridine rings is 1. The highest BCUT2D eigenvalue weighted by molar-refractivity contribution is 5.12. The minimum absolute atomic E-state index is 0.596. The second kappa shape index (κ2) is 7.49. The van der Waals surface area contributed by atoms with Crippen LogP contribution in [0.3, 0.4) is 0 Å². The van der Waals surface area contributed by atoms with E-state index in [9.17, 15) is 0 Å². The SMILES string of the molecule is CC(C)c1cccnc1.CCc1ccnnc1. The van der Waals surface area contributed by atoms with Gasteiger partial charge in [0.25, 0.3) is 0 Å². The molecule has 0 N–H and O–H groups in total. The van der Waals surface area contributed by atoms with Gasteiger partial charge >= 0.3 is 0 Å². The van der Waals surface area contributed by atoms with Gasteiger partial charge in [-0.1, -0.05) is 26.8 Å². The predicted octanol–water partition coefficient (Wildman–Crippen LogP) is 3.24. The van der Waals surface area contributed by atoms with Gasteiger partial charge < -0.3 is 0 Å². The maximum absolute atomic E-state index is 4.01. The Labute approximate surface area is 103 Å². The van der Waals surface area contributed by atoms with Crippen LogP contribution in [-0.4, -0.2) is 15.2 Å². The maximum Gasteiger partial charge on any atom is 0.0528 e. The molecule has 2 heterocycles. The molecule has 0 amide bonds. The molecule has 90 valence electrons. The van der Waals surface area contributed by atoms with E-state index in [1.807, 2.05) is 18.3 Å². The number of aryl methyl sites for hydroxylation is 1. The zero-order valence-corrected chi connectivity index (χ0v) is 10.7. The van der Waals surface area contributed by atoms with Gasteiger partial charge in [0.1, 0.15) is 0 Å². The van der Waals surface area contributed by atoms with E-state index in [2.05, 4.69) is 42.0 Å². The van der Waals surface area contributed by atoms with Crippen LogP contribution in [0.1, 0.15) is 37.8 Å². The first-order chi connectivity index (χ1) is 8.24. The van der Waals surface area contributed by atoms with Crippen molar-refractivity contribution < 1.29 is 0 Å². The van der Waals surface area contributed by atoms with Crippen LogP contribution in [-0.2, 0) is 6.42 Å². The normalized spacial score (nSPS) is 9.65. The Balaban J connectivity index is 0.000000171. The third kappa shape index (κ3) is 5.20. The Morgan fingerprint density at radius 1 is 1.06 bits per heavy atom. The van der Waals surface area contributed by atoms with E-state index in [-0.39, 0.29) is 0 Å². The Hall–Kier alpha value is -1.77. The summed E-state index contributed by atoms with van der Waals surface area (Å²) in [7, 11) is 0. The van der Waals surface area contributed by atoms with Crippen LogP contribution in [0.4, 0.5) is 0 Å². The quantitative estimate of drug-likeness (QED) is 0.793. The molecule has 2 aromatic heterocycles. The van der Waals surface area contributed by atoms with Crippen molar-refractivity contribution >= 4 is 0 Å². The van der Waals surface area contributed by atoms with Gasteiger partial charge in [0.15, 0.2) is 0 Å². The Morgan fingerprint density at radius 2 is 1.88 bits per heavy atom. The molecular weight excluding hydrogens is 210 g/mol. The predicted molar refractivity (Wildman–Crippen MR) is 69.7 cm³/mol. The third-order valence-corrected chi connectivity index (χ3v) is 2.40. The summed E-state index contributed by atoms with van der Waals surface area (Å²) in [5, 5.41) is 7.35. The summed E-state index contributed by atoms with van der Waals surface area (Å²) in [5.74, 6) is 0.596. The van der Waals surface area contributed by atoms with Gasteiger partial charge in [0, 0.05) is 18.6 Å². The molecule has 0 aromatic carbocycles. The molecule has 0 fully saturated rings. The molecule has 0 aliphatic rings. The Morgan fingerprint density at radius 3 is 2.24 bits per heavy atom. The van der Waals surface area contributed by atoms with E-state index < -0.39 is 0 Å². The van der Waals surface area contributed by atoms with Gasteiger partial charge in [-0.25, -0.2) is 0 Å². The molecule has 0 bridgehead atoms. The van der Waals surface area contributed by atoms with Crippen molar-refractivity contribution in [2.45, 2.75) is 33.1 Å². The molecule has 0 saturated carbocycles. The lowest BCUT2D eigenvalue weighted by Gasteiger charge is -2.00. The maximum atomic E-state index is 4.01. The first-order valence-corrected chi connectivity index (χ1v) is 5.89. The van der Waals surface area contributed by atoms with Crippen LogP contribution in [0, 0.1) is 0 Å². The molecule has 0 saturated heterocycles. The van der Waals surface area contributed by atoms with Crippen molar-refractivity contribution in [1.82, 2.24) is 15.2 Å². The van der Waals surface area contributed by atoms with E-state index in [1.54, 1.807) is 18.6 Å². The molecule has 2 rings (SSSR count). The average Bonchev–Trinajstić information content (AvgIpc) is 2.41. The highest BCUT2D eigenvalue weighted by atomic mass is 15.1. The molecule has 0 aliphatic heterocycles. The van der Waals surface area contributed by atoms with Crippen molar-refractivity contribution in [2.75, 3.05) is 0 Å². The minimum atomic E-state index is 0.596. The molecular formula is C14H19N3. The van der Waals surface area contributed by atoms with Gasteiger partial charge in [-0.3, -0.25) is 4.98 Å². The second-order valence-electron chi connectivity index (χ2n) is 4.05. The van der Waals surface area contributed by atoms with Gasteiger partial charge in [-0.2, -0.15) is 10.2 Å². The lowest BCUT2D eigenvalue weighted by atomic mass is 10.1. The fraction of sp³-hybridized carbons (Fsp3) is 0.357. The summed E-state index contributed by atoms with van der Waals surface area (Å²) in [6, 6.07) is 6.03. The summed E-state index contributed by atoms with van der Waals surface area (Å²) < 4.78 is 0. The molecule has 0 spiro atoms. The van der Waals surface area contributed by atoms with Crippen molar-refractivity contribution in [3.05, 3.63) is 54.1 Å². The highest BCUT2D eigenvalue weighted by Gasteiger charge is 1.94. The molecule has 2 aromatic rings. The lowest BCUT2D eigenvalue weighted by molar-refractivity contribution is 0.858. The summed E-state index contributed by atoms with van der Waals surface area (Å²) >= 11 is 0. The van der Waals surface area contributed by atoms with Gasteiger partial charge in [0.2, 0.25) is 0 Å². The number of nitrogens with zero attached hydrogens (tertiary/aromatic N) is 3. The zero-order chi connectivity index (χ0) is 12.5. The average molecular weight is 229 g/mol. The second-order valence-corrected chi connectivity index (χ2v) is 4.05. The van der Waals surface area contributed by atoms with Crippen LogP contribution in [0.15, 0.2) is 43.0 Å². The van der Waals surface area contributed by atoms with Crippen LogP contribution < -0.4 is 0 Å². The van der Waals surface area contributed by atoms with Gasteiger partial charge in [0.05, 0.1) is 6.20 Å². The van der Waals surface area contributed by atoms with E-state index in [1.165, 1.54) is 11.1 Å². The van der Waals surface area contributed by atoms with Crippen molar-refractivity contribution in [2.24, 2.45) is 0 Å². The summed E-state index contributed by atoms with van der Waals surface area (Å²) in [6.07, 6.45) is 8.23. The van der Waals surface area contributed by atoms with Crippen LogP contribution in [0.5, 0.6) is 0 Å². The van der Waals surface area contributed by atoms with E-state index in [4.69, 9.17) is 0 Å². The Kier molecular flexibility index (Phi) is 5.86. The topological polar surface area (TPSA) is 38.7 Å². The minimum Gasteiger partial charge on any atom is -0.264 e. The third-order valence-electron chi connectivity index (χ3n) is 2.40. The summed E-state index contributed by atoms with van der Waals surface area (Å²) in [4.78, 5) is 4.01. The monoisotopic (exact) mass is 229 g/mol.